The molecule has 1 amide bonds. The summed E-state index contributed by atoms with van der Waals surface area (Å²) in [7, 11) is 0. The van der Waals surface area contributed by atoms with Crippen molar-refractivity contribution < 1.29 is 9.90 Å². The Balaban J connectivity index is 2.87. The number of hydrogen-bond donors (Lipinski definition) is 2. The lowest BCUT2D eigenvalue weighted by molar-refractivity contribution is 0.0920. The van der Waals surface area contributed by atoms with Crippen LogP contribution in [0.1, 0.15) is 49.7 Å². The van der Waals surface area contributed by atoms with Crippen LogP contribution >= 0.6 is 0 Å². The molecule has 4 nitrogen and oxygen atoms in total. The second kappa shape index (κ2) is 8.34. The van der Waals surface area contributed by atoms with Gasteiger partial charge in [-0.3, -0.25) is 4.79 Å². The lowest BCUT2D eigenvalue weighted by Crippen LogP contribution is -2.38. The number of aliphatic hydroxyl groups is 1. The Morgan fingerprint density at radius 1 is 1.45 bits per heavy atom. The van der Waals surface area contributed by atoms with Gasteiger partial charge in [0.15, 0.2) is 0 Å². The highest BCUT2D eigenvalue weighted by Crippen LogP contribution is 2.13. The van der Waals surface area contributed by atoms with Crippen molar-refractivity contribution in [2.45, 2.75) is 39.7 Å². The Morgan fingerprint density at radius 2 is 2.15 bits per heavy atom. The molecule has 2 N–H and O–H groups in total. The topological polar surface area (TPSA) is 62.2 Å². The van der Waals surface area contributed by atoms with Crippen LogP contribution in [0.15, 0.2) is 18.3 Å². The summed E-state index contributed by atoms with van der Waals surface area (Å²) in [5.74, 6) is 5.53. The quantitative estimate of drug-likeness (QED) is 0.807. The van der Waals surface area contributed by atoms with E-state index >= 15 is 0 Å². The Morgan fingerprint density at radius 3 is 2.75 bits per heavy atom. The van der Waals surface area contributed by atoms with E-state index in [0.29, 0.717) is 17.2 Å². The van der Waals surface area contributed by atoms with Crippen LogP contribution in [0.2, 0.25) is 0 Å². The average Bonchev–Trinajstić information content (AvgIpc) is 2.46. The highest BCUT2D eigenvalue weighted by atomic mass is 16.2. The zero-order valence-electron chi connectivity index (χ0n) is 12.3. The minimum atomic E-state index is -0.236. The van der Waals surface area contributed by atoms with Crippen LogP contribution in [-0.4, -0.2) is 28.6 Å². The summed E-state index contributed by atoms with van der Waals surface area (Å²) in [5.41, 5.74) is 0.849. The monoisotopic (exact) mass is 274 g/mol. The maximum Gasteiger partial charge on any atom is 0.271 e. The molecule has 1 aromatic rings. The molecule has 1 rings (SSSR count). The molecule has 0 fully saturated rings. The average molecular weight is 274 g/mol. The molecule has 0 aliphatic heterocycles. The van der Waals surface area contributed by atoms with Crippen LogP contribution in [-0.2, 0) is 0 Å². The minimum absolute atomic E-state index is 0.0955. The van der Waals surface area contributed by atoms with Gasteiger partial charge in [0.05, 0.1) is 5.56 Å². The molecule has 0 radical (unpaired) electrons. The van der Waals surface area contributed by atoms with Crippen molar-refractivity contribution in [3.05, 3.63) is 29.6 Å². The lowest BCUT2D eigenvalue weighted by Gasteiger charge is -2.22. The van der Waals surface area contributed by atoms with Gasteiger partial charge in [-0.2, -0.15) is 0 Å². The summed E-state index contributed by atoms with van der Waals surface area (Å²) in [6, 6.07) is 3.55. The van der Waals surface area contributed by atoms with Gasteiger partial charge in [-0.25, -0.2) is 4.98 Å². The molecule has 1 unspecified atom stereocenters. The number of hydrogen-bond acceptors (Lipinski definition) is 3. The highest BCUT2D eigenvalue weighted by Gasteiger charge is 2.18. The van der Waals surface area contributed by atoms with Gasteiger partial charge in [0, 0.05) is 12.2 Å². The third kappa shape index (κ3) is 4.36. The van der Waals surface area contributed by atoms with Gasteiger partial charge >= 0.3 is 0 Å². The fraction of sp³-hybridized carbons (Fsp3) is 0.500. The van der Waals surface area contributed by atoms with Gasteiger partial charge < -0.3 is 10.4 Å². The van der Waals surface area contributed by atoms with Crippen molar-refractivity contribution in [2.75, 3.05) is 6.61 Å². The molecule has 1 aromatic heterocycles. The third-order valence-corrected chi connectivity index (χ3v) is 3.44. The Bertz CT molecular complexity index is 499. The van der Waals surface area contributed by atoms with Gasteiger partial charge in [-0.05, 0) is 25.0 Å². The van der Waals surface area contributed by atoms with Crippen molar-refractivity contribution in [3.63, 3.8) is 0 Å². The van der Waals surface area contributed by atoms with Gasteiger partial charge in [-0.1, -0.05) is 38.5 Å². The van der Waals surface area contributed by atoms with E-state index in [1.165, 1.54) is 0 Å². The second-order valence-electron chi connectivity index (χ2n) is 4.70. The van der Waals surface area contributed by atoms with Gasteiger partial charge in [0.1, 0.15) is 12.3 Å². The first-order valence-corrected chi connectivity index (χ1v) is 6.99. The predicted octanol–water partition coefficient (Wildman–Crippen LogP) is 1.98. The molecule has 0 spiro atoms. The van der Waals surface area contributed by atoms with Crippen LogP contribution in [0.4, 0.5) is 0 Å². The molecule has 1 heterocycles. The number of amides is 1. The van der Waals surface area contributed by atoms with Crippen LogP contribution in [0.3, 0.4) is 0 Å². The first-order valence-electron chi connectivity index (χ1n) is 6.99. The number of nitrogens with one attached hydrogen (secondary N) is 1. The van der Waals surface area contributed by atoms with E-state index < -0.39 is 0 Å². The number of carbonyl (C=O) groups is 1. The van der Waals surface area contributed by atoms with Crippen molar-refractivity contribution in [1.29, 1.82) is 0 Å². The maximum atomic E-state index is 12.3. The van der Waals surface area contributed by atoms with Crippen molar-refractivity contribution >= 4 is 5.91 Å². The summed E-state index contributed by atoms with van der Waals surface area (Å²) in [5, 5.41) is 11.7. The first-order chi connectivity index (χ1) is 9.63. The predicted molar refractivity (Wildman–Crippen MR) is 79.2 cm³/mol. The molecule has 0 aliphatic rings. The zero-order valence-corrected chi connectivity index (χ0v) is 12.3. The van der Waals surface area contributed by atoms with Crippen molar-refractivity contribution in [1.82, 2.24) is 10.3 Å². The molecule has 108 valence electrons. The van der Waals surface area contributed by atoms with Crippen molar-refractivity contribution in [3.8, 4) is 11.8 Å². The number of nitrogens with zero attached hydrogens (tertiary/aromatic N) is 1. The Hall–Kier alpha value is -1.86. The molecule has 0 saturated heterocycles. The van der Waals surface area contributed by atoms with Crippen molar-refractivity contribution in [2.24, 2.45) is 5.92 Å². The Labute approximate surface area is 120 Å². The molecule has 0 bridgehead atoms. The molecule has 0 saturated carbocycles. The minimum Gasteiger partial charge on any atom is -0.384 e. The van der Waals surface area contributed by atoms with Crippen LogP contribution in [0, 0.1) is 17.8 Å². The number of carbonyl (C=O) groups excluding carboxylic acids is 1. The standard InChI is InChI=1S/C16H22N2O2/c1-4-13(5-2)12(3)18-16(20)15-14(9-7-11-19)8-6-10-17-15/h6,8,10,12-13,19H,4-5,11H2,1-3H3,(H,18,20). The van der Waals surface area contributed by atoms with E-state index in [4.69, 9.17) is 5.11 Å². The molecular weight excluding hydrogens is 252 g/mol. The first kappa shape index (κ1) is 16.2. The number of rotatable bonds is 5. The number of aliphatic hydroxyl groups excluding tert-OH is 1. The molecular formula is C16H22N2O2. The molecule has 20 heavy (non-hydrogen) atoms. The SMILES string of the molecule is CCC(CC)C(C)NC(=O)c1ncccc1C#CCO. The van der Waals surface area contributed by atoms with Gasteiger partial charge in [0.25, 0.3) is 5.91 Å². The van der Waals surface area contributed by atoms with Crippen LogP contribution in [0.25, 0.3) is 0 Å². The smallest absolute Gasteiger partial charge is 0.271 e. The summed E-state index contributed by atoms with van der Waals surface area (Å²) >= 11 is 0. The maximum absolute atomic E-state index is 12.3. The van der Waals surface area contributed by atoms with Crippen LogP contribution in [0.5, 0.6) is 0 Å². The second-order valence-corrected chi connectivity index (χ2v) is 4.70. The summed E-state index contributed by atoms with van der Waals surface area (Å²) in [4.78, 5) is 16.4. The van der Waals surface area contributed by atoms with E-state index in [1.807, 2.05) is 6.92 Å². The van der Waals surface area contributed by atoms with E-state index in [9.17, 15) is 4.79 Å². The normalized spacial score (nSPS) is 11.7. The largest absolute Gasteiger partial charge is 0.384 e. The molecule has 0 aliphatic carbocycles. The Kier molecular flexibility index (Phi) is 6.75. The summed E-state index contributed by atoms with van der Waals surface area (Å²) < 4.78 is 0. The molecule has 0 aromatic carbocycles. The van der Waals surface area contributed by atoms with Crippen LogP contribution < -0.4 is 5.32 Å². The third-order valence-electron chi connectivity index (χ3n) is 3.44. The lowest BCUT2D eigenvalue weighted by atomic mass is 9.95. The molecule has 1 atom stereocenters. The highest BCUT2D eigenvalue weighted by molar-refractivity contribution is 5.94. The van der Waals surface area contributed by atoms with E-state index in [-0.39, 0.29) is 18.6 Å². The zero-order chi connectivity index (χ0) is 15.0. The fourth-order valence-electron chi connectivity index (χ4n) is 2.21. The van der Waals surface area contributed by atoms with Gasteiger partial charge in [-0.15, -0.1) is 0 Å². The fourth-order valence-corrected chi connectivity index (χ4v) is 2.21. The molecule has 4 heteroatoms. The summed E-state index contributed by atoms with van der Waals surface area (Å²) in [6.45, 7) is 6.02. The number of aromatic nitrogens is 1. The van der Waals surface area contributed by atoms with E-state index in [1.54, 1.807) is 18.3 Å². The van der Waals surface area contributed by atoms with Gasteiger partial charge in [0.2, 0.25) is 0 Å². The van der Waals surface area contributed by atoms with E-state index in [2.05, 4.69) is 36.0 Å². The summed E-state index contributed by atoms with van der Waals surface area (Å²) in [6.07, 6.45) is 3.62. The number of pyridine rings is 1. The van der Waals surface area contributed by atoms with E-state index in [0.717, 1.165) is 12.8 Å².